The normalized spacial score (nSPS) is 22.1. The van der Waals surface area contributed by atoms with Crippen molar-refractivity contribution in [3.63, 3.8) is 0 Å². The van der Waals surface area contributed by atoms with Crippen molar-refractivity contribution in [2.75, 3.05) is 20.7 Å². The first-order valence-corrected chi connectivity index (χ1v) is 7.02. The molecule has 0 radical (unpaired) electrons. The lowest BCUT2D eigenvalue weighted by Crippen LogP contribution is -2.41. The first kappa shape index (κ1) is 16.5. The number of carboxylic acids is 1. The van der Waals surface area contributed by atoms with Gasteiger partial charge in [0.05, 0.1) is 18.9 Å². The third kappa shape index (κ3) is 4.51. The SMILES string of the molecule is COC(=O)CCCN(C)C(=O)C1CCCCC1C(=O)O. The highest BCUT2D eigenvalue weighted by atomic mass is 16.5. The molecule has 6 nitrogen and oxygen atoms in total. The maximum absolute atomic E-state index is 12.3. The van der Waals surface area contributed by atoms with E-state index in [-0.39, 0.29) is 18.3 Å². The summed E-state index contributed by atoms with van der Waals surface area (Å²) in [6.07, 6.45) is 3.77. The van der Waals surface area contributed by atoms with Crippen molar-refractivity contribution in [2.24, 2.45) is 11.8 Å². The average Bonchev–Trinajstić information content (AvgIpc) is 2.45. The summed E-state index contributed by atoms with van der Waals surface area (Å²) in [5.74, 6) is -2.30. The molecule has 1 fully saturated rings. The van der Waals surface area contributed by atoms with Crippen LogP contribution in [-0.4, -0.2) is 48.6 Å². The Morgan fingerprint density at radius 1 is 1.20 bits per heavy atom. The van der Waals surface area contributed by atoms with Crippen LogP contribution >= 0.6 is 0 Å². The Bertz CT molecular complexity index is 369. The molecule has 0 spiro atoms. The van der Waals surface area contributed by atoms with Crippen molar-refractivity contribution < 1.29 is 24.2 Å². The van der Waals surface area contributed by atoms with Gasteiger partial charge >= 0.3 is 11.9 Å². The predicted molar refractivity (Wildman–Crippen MR) is 72.0 cm³/mol. The summed E-state index contributed by atoms with van der Waals surface area (Å²) in [6.45, 7) is 0.441. The molecule has 0 aromatic heterocycles. The molecule has 1 N–H and O–H groups in total. The number of esters is 1. The maximum Gasteiger partial charge on any atom is 0.307 e. The van der Waals surface area contributed by atoms with Gasteiger partial charge in [0, 0.05) is 20.0 Å². The van der Waals surface area contributed by atoms with Crippen molar-refractivity contribution in [2.45, 2.75) is 38.5 Å². The van der Waals surface area contributed by atoms with E-state index in [1.165, 1.54) is 12.0 Å². The molecule has 0 aromatic carbocycles. The lowest BCUT2D eigenvalue weighted by Gasteiger charge is -2.31. The van der Waals surface area contributed by atoms with E-state index in [2.05, 4.69) is 4.74 Å². The lowest BCUT2D eigenvalue weighted by atomic mass is 9.78. The first-order valence-electron chi connectivity index (χ1n) is 7.02. The molecule has 2 unspecified atom stereocenters. The number of amides is 1. The Balaban J connectivity index is 2.49. The smallest absolute Gasteiger partial charge is 0.307 e. The zero-order chi connectivity index (χ0) is 15.1. The monoisotopic (exact) mass is 285 g/mol. The Labute approximate surface area is 119 Å². The molecule has 0 saturated heterocycles. The lowest BCUT2D eigenvalue weighted by molar-refractivity contribution is -0.151. The molecule has 20 heavy (non-hydrogen) atoms. The summed E-state index contributed by atoms with van der Waals surface area (Å²) in [6, 6.07) is 0. The second-order valence-corrected chi connectivity index (χ2v) is 5.28. The average molecular weight is 285 g/mol. The van der Waals surface area contributed by atoms with Gasteiger partial charge in [0.2, 0.25) is 5.91 Å². The molecule has 0 aromatic rings. The van der Waals surface area contributed by atoms with Crippen LogP contribution in [0.3, 0.4) is 0 Å². The van der Waals surface area contributed by atoms with E-state index in [9.17, 15) is 19.5 Å². The summed E-state index contributed by atoms with van der Waals surface area (Å²) in [5, 5.41) is 9.19. The number of carbonyl (C=O) groups is 3. The molecular weight excluding hydrogens is 262 g/mol. The van der Waals surface area contributed by atoms with Gasteiger partial charge in [-0.05, 0) is 19.3 Å². The number of hydrogen-bond donors (Lipinski definition) is 1. The largest absolute Gasteiger partial charge is 0.481 e. The van der Waals surface area contributed by atoms with Crippen LogP contribution in [-0.2, 0) is 19.1 Å². The minimum Gasteiger partial charge on any atom is -0.481 e. The Hall–Kier alpha value is -1.59. The molecule has 2 atom stereocenters. The molecule has 1 aliphatic rings. The van der Waals surface area contributed by atoms with Gasteiger partial charge < -0.3 is 14.7 Å². The van der Waals surface area contributed by atoms with E-state index in [1.54, 1.807) is 7.05 Å². The fourth-order valence-electron chi connectivity index (χ4n) is 2.68. The van der Waals surface area contributed by atoms with Gasteiger partial charge in [0.15, 0.2) is 0 Å². The van der Waals surface area contributed by atoms with Gasteiger partial charge in [0.25, 0.3) is 0 Å². The molecule has 0 aliphatic heterocycles. The number of methoxy groups -OCH3 is 1. The van der Waals surface area contributed by atoms with Crippen molar-refractivity contribution in [3.05, 3.63) is 0 Å². The molecular formula is C14H23NO5. The highest BCUT2D eigenvalue weighted by Crippen LogP contribution is 2.31. The Morgan fingerprint density at radius 3 is 2.35 bits per heavy atom. The number of rotatable bonds is 6. The van der Waals surface area contributed by atoms with Crippen molar-refractivity contribution >= 4 is 17.8 Å². The molecule has 114 valence electrons. The van der Waals surface area contributed by atoms with E-state index < -0.39 is 17.8 Å². The van der Waals surface area contributed by atoms with Crippen LogP contribution in [0, 0.1) is 11.8 Å². The van der Waals surface area contributed by atoms with Crippen LogP contribution in [0.4, 0.5) is 0 Å². The Morgan fingerprint density at radius 2 is 1.80 bits per heavy atom. The van der Waals surface area contributed by atoms with Gasteiger partial charge in [0.1, 0.15) is 0 Å². The standard InChI is InChI=1S/C14H23NO5/c1-15(9-5-8-12(16)20-2)13(17)10-6-3-4-7-11(10)14(18)19/h10-11H,3-9H2,1-2H3,(H,18,19). The summed E-state index contributed by atoms with van der Waals surface area (Å²) in [4.78, 5) is 36.0. The highest BCUT2D eigenvalue weighted by molar-refractivity contribution is 5.84. The number of nitrogens with zero attached hydrogens (tertiary/aromatic N) is 1. The van der Waals surface area contributed by atoms with Crippen LogP contribution in [0.15, 0.2) is 0 Å². The summed E-state index contributed by atoms with van der Waals surface area (Å²) >= 11 is 0. The van der Waals surface area contributed by atoms with E-state index in [0.29, 0.717) is 25.8 Å². The van der Waals surface area contributed by atoms with Gasteiger partial charge in [-0.2, -0.15) is 0 Å². The minimum absolute atomic E-state index is 0.123. The molecule has 0 bridgehead atoms. The summed E-state index contributed by atoms with van der Waals surface area (Å²) in [5.41, 5.74) is 0. The van der Waals surface area contributed by atoms with E-state index in [4.69, 9.17) is 0 Å². The zero-order valence-corrected chi connectivity index (χ0v) is 12.1. The van der Waals surface area contributed by atoms with Crippen molar-refractivity contribution in [3.8, 4) is 0 Å². The van der Waals surface area contributed by atoms with Gasteiger partial charge in [-0.1, -0.05) is 12.8 Å². The van der Waals surface area contributed by atoms with Gasteiger partial charge in [-0.3, -0.25) is 14.4 Å². The number of ether oxygens (including phenoxy) is 1. The number of carboxylic acid groups (broad SMARTS) is 1. The second kappa shape index (κ2) is 7.87. The Kier molecular flexibility index (Phi) is 6.48. The quantitative estimate of drug-likeness (QED) is 0.743. The summed E-state index contributed by atoms with van der Waals surface area (Å²) in [7, 11) is 2.99. The molecule has 6 heteroatoms. The third-order valence-corrected chi connectivity index (χ3v) is 3.88. The van der Waals surface area contributed by atoms with Crippen LogP contribution in [0.2, 0.25) is 0 Å². The fraction of sp³-hybridized carbons (Fsp3) is 0.786. The minimum atomic E-state index is -0.883. The van der Waals surface area contributed by atoms with Crippen molar-refractivity contribution in [1.29, 1.82) is 0 Å². The van der Waals surface area contributed by atoms with E-state index >= 15 is 0 Å². The van der Waals surface area contributed by atoms with Gasteiger partial charge in [-0.15, -0.1) is 0 Å². The molecule has 1 saturated carbocycles. The van der Waals surface area contributed by atoms with Gasteiger partial charge in [-0.25, -0.2) is 0 Å². The van der Waals surface area contributed by atoms with Crippen molar-refractivity contribution in [1.82, 2.24) is 4.90 Å². The molecule has 1 rings (SSSR count). The maximum atomic E-state index is 12.3. The van der Waals surface area contributed by atoms with Crippen LogP contribution < -0.4 is 0 Å². The number of hydrogen-bond acceptors (Lipinski definition) is 4. The topological polar surface area (TPSA) is 83.9 Å². The third-order valence-electron chi connectivity index (χ3n) is 3.88. The number of aliphatic carboxylic acids is 1. The fourth-order valence-corrected chi connectivity index (χ4v) is 2.68. The number of carbonyl (C=O) groups excluding carboxylic acids is 2. The molecule has 1 amide bonds. The van der Waals surface area contributed by atoms with E-state index in [1.807, 2.05) is 0 Å². The van der Waals surface area contributed by atoms with E-state index in [0.717, 1.165) is 12.8 Å². The zero-order valence-electron chi connectivity index (χ0n) is 12.1. The van der Waals surface area contributed by atoms with Crippen LogP contribution in [0.5, 0.6) is 0 Å². The summed E-state index contributed by atoms with van der Waals surface area (Å²) < 4.78 is 4.54. The van der Waals surface area contributed by atoms with Crippen LogP contribution in [0.1, 0.15) is 38.5 Å². The molecule has 1 aliphatic carbocycles. The first-order chi connectivity index (χ1) is 9.47. The van der Waals surface area contributed by atoms with Crippen LogP contribution in [0.25, 0.3) is 0 Å². The highest BCUT2D eigenvalue weighted by Gasteiger charge is 2.36. The molecule has 0 heterocycles. The predicted octanol–water partition coefficient (Wildman–Crippen LogP) is 1.29. The second-order valence-electron chi connectivity index (χ2n) is 5.28.